The zero-order chi connectivity index (χ0) is 16.7. The molecule has 0 bridgehead atoms. The predicted octanol–water partition coefficient (Wildman–Crippen LogP) is 3.80. The highest BCUT2D eigenvalue weighted by molar-refractivity contribution is 6.02. The first-order valence-electron chi connectivity index (χ1n) is 7.78. The van der Waals surface area contributed by atoms with Crippen LogP contribution in [-0.4, -0.2) is 18.7 Å². The minimum Gasteiger partial charge on any atom is -0.497 e. The number of amides is 1. The van der Waals surface area contributed by atoms with Crippen LogP contribution in [0.3, 0.4) is 0 Å². The summed E-state index contributed by atoms with van der Waals surface area (Å²) in [7, 11) is 1.63. The molecule has 4 nitrogen and oxygen atoms in total. The molecule has 0 spiro atoms. The largest absolute Gasteiger partial charge is 0.497 e. The predicted molar refractivity (Wildman–Crippen MR) is 93.1 cm³/mol. The van der Waals surface area contributed by atoms with E-state index >= 15 is 0 Å². The molecule has 2 rings (SSSR count). The number of hydrazone groups is 1. The number of nitrogens with one attached hydrogen (secondary N) is 1. The van der Waals surface area contributed by atoms with Gasteiger partial charge in [0.1, 0.15) is 5.75 Å². The molecular weight excluding hydrogens is 288 g/mol. The number of carbonyl (C=O) groups excluding carboxylic acids is 1. The molecule has 120 valence electrons. The van der Waals surface area contributed by atoms with Crippen molar-refractivity contribution in [3.05, 3.63) is 65.2 Å². The fraction of sp³-hybridized carbons (Fsp3) is 0.263. The summed E-state index contributed by atoms with van der Waals surface area (Å²) in [6.45, 7) is 4.09. The maximum Gasteiger partial charge on any atom is 0.271 e. The van der Waals surface area contributed by atoms with Gasteiger partial charge in [-0.2, -0.15) is 5.10 Å². The van der Waals surface area contributed by atoms with Crippen molar-refractivity contribution in [3.63, 3.8) is 0 Å². The molecule has 0 aliphatic carbocycles. The second-order valence-electron chi connectivity index (χ2n) is 5.13. The van der Waals surface area contributed by atoms with Crippen molar-refractivity contribution in [2.24, 2.45) is 5.10 Å². The summed E-state index contributed by atoms with van der Waals surface area (Å²) in [6.07, 6.45) is 1.68. The number of hydrogen-bond donors (Lipinski definition) is 1. The van der Waals surface area contributed by atoms with Gasteiger partial charge in [-0.15, -0.1) is 0 Å². The number of rotatable bonds is 6. The topological polar surface area (TPSA) is 50.7 Å². The molecule has 0 fully saturated rings. The summed E-state index contributed by atoms with van der Waals surface area (Å²) in [5, 5.41) is 4.26. The fourth-order valence-corrected chi connectivity index (χ4v) is 2.21. The Labute approximate surface area is 137 Å². The van der Waals surface area contributed by atoms with Crippen molar-refractivity contribution in [2.45, 2.75) is 26.7 Å². The molecule has 0 heterocycles. The Bertz CT molecular complexity index is 674. The average molecular weight is 310 g/mol. The van der Waals surface area contributed by atoms with Crippen molar-refractivity contribution in [1.29, 1.82) is 0 Å². The Morgan fingerprint density at radius 1 is 1.00 bits per heavy atom. The van der Waals surface area contributed by atoms with E-state index in [1.807, 2.05) is 55.5 Å². The van der Waals surface area contributed by atoms with E-state index in [-0.39, 0.29) is 5.91 Å². The third kappa shape index (κ3) is 4.42. The normalized spacial score (nSPS) is 11.2. The zero-order valence-corrected chi connectivity index (χ0v) is 13.8. The third-order valence-corrected chi connectivity index (χ3v) is 3.67. The van der Waals surface area contributed by atoms with E-state index in [9.17, 15) is 4.79 Å². The SMILES string of the molecule is CC/C(=N/NC(=O)c1ccc(CC)cc1)c1ccc(OC)cc1. The Morgan fingerprint density at radius 3 is 2.13 bits per heavy atom. The molecule has 1 amide bonds. The molecule has 0 aliphatic heterocycles. The van der Waals surface area contributed by atoms with Crippen LogP contribution in [0.5, 0.6) is 5.75 Å². The molecule has 0 atom stereocenters. The Kier molecular flexibility index (Phi) is 5.92. The molecule has 0 radical (unpaired) electrons. The first-order valence-corrected chi connectivity index (χ1v) is 7.78. The summed E-state index contributed by atoms with van der Waals surface area (Å²) >= 11 is 0. The highest BCUT2D eigenvalue weighted by Gasteiger charge is 2.06. The molecule has 2 aromatic rings. The van der Waals surface area contributed by atoms with E-state index < -0.39 is 0 Å². The Morgan fingerprint density at radius 2 is 1.61 bits per heavy atom. The number of carbonyl (C=O) groups is 1. The van der Waals surface area contributed by atoms with E-state index in [2.05, 4.69) is 17.5 Å². The number of nitrogens with zero attached hydrogens (tertiary/aromatic N) is 1. The summed E-state index contributed by atoms with van der Waals surface area (Å²) in [5.41, 5.74) is 6.24. The highest BCUT2D eigenvalue weighted by Crippen LogP contribution is 2.13. The molecule has 0 saturated heterocycles. The summed E-state index contributed by atoms with van der Waals surface area (Å²) in [6, 6.07) is 15.2. The summed E-state index contributed by atoms with van der Waals surface area (Å²) in [4.78, 5) is 12.2. The molecule has 0 unspecified atom stereocenters. The van der Waals surface area contributed by atoms with Gasteiger partial charge in [-0.1, -0.05) is 26.0 Å². The van der Waals surface area contributed by atoms with Crippen LogP contribution < -0.4 is 10.2 Å². The first kappa shape index (κ1) is 16.7. The zero-order valence-electron chi connectivity index (χ0n) is 13.8. The van der Waals surface area contributed by atoms with Crippen molar-refractivity contribution < 1.29 is 9.53 Å². The van der Waals surface area contributed by atoms with Crippen LogP contribution in [0, 0.1) is 0 Å². The lowest BCUT2D eigenvalue weighted by Crippen LogP contribution is -2.20. The monoisotopic (exact) mass is 310 g/mol. The molecule has 0 aromatic heterocycles. The molecule has 2 aromatic carbocycles. The van der Waals surface area contributed by atoms with Gasteiger partial charge < -0.3 is 4.74 Å². The van der Waals surface area contributed by atoms with Gasteiger partial charge in [0.25, 0.3) is 5.91 Å². The van der Waals surface area contributed by atoms with Crippen LogP contribution in [0.15, 0.2) is 53.6 Å². The quantitative estimate of drug-likeness (QED) is 0.651. The lowest BCUT2D eigenvalue weighted by atomic mass is 10.1. The number of aryl methyl sites for hydroxylation is 1. The first-order chi connectivity index (χ1) is 11.2. The van der Waals surface area contributed by atoms with Crippen LogP contribution >= 0.6 is 0 Å². The van der Waals surface area contributed by atoms with Crippen LogP contribution in [0.2, 0.25) is 0 Å². The van der Waals surface area contributed by atoms with Crippen molar-refractivity contribution in [1.82, 2.24) is 5.43 Å². The van der Waals surface area contributed by atoms with Crippen molar-refractivity contribution >= 4 is 11.6 Å². The lowest BCUT2D eigenvalue weighted by Gasteiger charge is -2.07. The molecule has 1 N–H and O–H groups in total. The summed E-state index contributed by atoms with van der Waals surface area (Å²) < 4.78 is 5.15. The average Bonchev–Trinajstić information content (AvgIpc) is 2.62. The standard InChI is InChI=1S/C19H22N2O2/c1-4-14-6-8-16(9-7-14)19(22)21-20-18(5-2)15-10-12-17(23-3)13-11-15/h6-13H,4-5H2,1-3H3,(H,21,22)/b20-18-. The van der Waals surface area contributed by atoms with Gasteiger partial charge in [0, 0.05) is 5.56 Å². The van der Waals surface area contributed by atoms with Crippen LogP contribution in [0.25, 0.3) is 0 Å². The van der Waals surface area contributed by atoms with Crippen LogP contribution in [0.1, 0.15) is 41.8 Å². The van der Waals surface area contributed by atoms with Crippen LogP contribution in [-0.2, 0) is 6.42 Å². The van der Waals surface area contributed by atoms with E-state index in [1.165, 1.54) is 5.56 Å². The lowest BCUT2D eigenvalue weighted by molar-refractivity contribution is 0.0955. The maximum absolute atomic E-state index is 12.2. The number of ether oxygens (including phenoxy) is 1. The molecule has 4 heteroatoms. The number of benzene rings is 2. The molecular formula is C19H22N2O2. The maximum atomic E-state index is 12.2. The van der Waals surface area contributed by atoms with Gasteiger partial charge in [0.05, 0.1) is 12.8 Å². The van der Waals surface area contributed by atoms with Gasteiger partial charge >= 0.3 is 0 Å². The van der Waals surface area contributed by atoms with Gasteiger partial charge in [-0.25, -0.2) is 5.43 Å². The van der Waals surface area contributed by atoms with Gasteiger partial charge in [-0.3, -0.25) is 4.79 Å². The Hall–Kier alpha value is -2.62. The minimum atomic E-state index is -0.202. The second kappa shape index (κ2) is 8.13. The van der Waals surface area contributed by atoms with E-state index in [1.54, 1.807) is 7.11 Å². The van der Waals surface area contributed by atoms with Gasteiger partial charge in [0.2, 0.25) is 0 Å². The smallest absolute Gasteiger partial charge is 0.271 e. The van der Waals surface area contributed by atoms with Gasteiger partial charge in [-0.05, 0) is 60.4 Å². The van der Waals surface area contributed by atoms with Crippen molar-refractivity contribution in [2.75, 3.05) is 7.11 Å². The highest BCUT2D eigenvalue weighted by atomic mass is 16.5. The van der Waals surface area contributed by atoms with E-state index in [4.69, 9.17) is 4.74 Å². The molecule has 23 heavy (non-hydrogen) atoms. The third-order valence-electron chi connectivity index (χ3n) is 3.67. The minimum absolute atomic E-state index is 0.202. The summed E-state index contributed by atoms with van der Waals surface area (Å²) in [5.74, 6) is 0.594. The Balaban J connectivity index is 2.09. The van der Waals surface area contributed by atoms with E-state index in [0.717, 1.165) is 29.9 Å². The van der Waals surface area contributed by atoms with Crippen molar-refractivity contribution in [3.8, 4) is 5.75 Å². The fourth-order valence-electron chi connectivity index (χ4n) is 2.21. The molecule has 0 saturated carbocycles. The van der Waals surface area contributed by atoms with Crippen LogP contribution in [0.4, 0.5) is 0 Å². The molecule has 0 aliphatic rings. The number of methoxy groups -OCH3 is 1. The van der Waals surface area contributed by atoms with Gasteiger partial charge in [0.15, 0.2) is 0 Å². The van der Waals surface area contributed by atoms with E-state index in [0.29, 0.717) is 5.56 Å². The second-order valence-corrected chi connectivity index (χ2v) is 5.13. The number of hydrogen-bond acceptors (Lipinski definition) is 3.